The van der Waals surface area contributed by atoms with Crippen molar-refractivity contribution in [3.63, 3.8) is 0 Å². The molecule has 0 amide bonds. The van der Waals surface area contributed by atoms with Crippen LogP contribution in [0.1, 0.15) is 12.5 Å². The lowest BCUT2D eigenvalue weighted by molar-refractivity contribution is -0.185. The van der Waals surface area contributed by atoms with E-state index in [1.54, 1.807) is 0 Å². The smallest absolute Gasteiger partial charge is 0.312 e. The molecule has 17 heavy (non-hydrogen) atoms. The third-order valence-electron chi connectivity index (χ3n) is 2.42. The maximum Gasteiger partial charge on any atom is 0.413 e. The maximum atomic E-state index is 12.8. The van der Waals surface area contributed by atoms with E-state index in [0.717, 1.165) is 12.1 Å². The van der Waals surface area contributed by atoms with E-state index in [2.05, 4.69) is 0 Å². The van der Waals surface area contributed by atoms with Crippen molar-refractivity contribution in [2.45, 2.75) is 25.1 Å². The molecule has 1 aromatic carbocycles. The van der Waals surface area contributed by atoms with Crippen LogP contribution in [-0.4, -0.2) is 17.5 Å². The van der Waals surface area contributed by atoms with Gasteiger partial charge in [-0.05, 0) is 24.6 Å². The SMILES string of the molecule is CC(N)(C(=O)Cc1cccc(F)c1)C(F)(F)F. The minimum atomic E-state index is -4.82. The predicted octanol–water partition coefficient (Wildman–Crippen LogP) is 2.22. The molecule has 1 atom stereocenters. The molecule has 0 spiro atoms. The molecule has 2 N–H and O–H groups in total. The first-order chi connectivity index (χ1) is 7.64. The zero-order chi connectivity index (χ0) is 13.3. The standard InChI is InChI=1S/C11H11F4NO/c1-10(16,11(13,14)15)9(17)6-7-3-2-4-8(12)5-7/h2-5H,6,16H2,1H3. The van der Waals surface area contributed by atoms with Gasteiger partial charge in [-0.1, -0.05) is 12.1 Å². The predicted molar refractivity (Wildman–Crippen MR) is 53.8 cm³/mol. The average molecular weight is 249 g/mol. The molecule has 0 heterocycles. The molecule has 0 saturated heterocycles. The number of halogens is 4. The van der Waals surface area contributed by atoms with Crippen LogP contribution in [0.25, 0.3) is 0 Å². The summed E-state index contributed by atoms with van der Waals surface area (Å²) in [4.78, 5) is 11.4. The zero-order valence-corrected chi connectivity index (χ0v) is 9.01. The van der Waals surface area contributed by atoms with Crippen molar-refractivity contribution >= 4 is 5.78 Å². The number of nitrogens with two attached hydrogens (primary N) is 1. The van der Waals surface area contributed by atoms with Gasteiger partial charge in [-0.2, -0.15) is 13.2 Å². The first kappa shape index (κ1) is 13.6. The minimum Gasteiger partial charge on any atom is -0.312 e. The summed E-state index contributed by atoms with van der Waals surface area (Å²) >= 11 is 0. The van der Waals surface area contributed by atoms with E-state index in [1.165, 1.54) is 12.1 Å². The number of Topliss-reactive ketones (excluding diaryl/α,β-unsaturated/α-hetero) is 1. The van der Waals surface area contributed by atoms with Crippen LogP contribution in [0.3, 0.4) is 0 Å². The molecule has 1 unspecified atom stereocenters. The van der Waals surface area contributed by atoms with Gasteiger partial charge < -0.3 is 5.73 Å². The van der Waals surface area contributed by atoms with Crippen LogP contribution in [-0.2, 0) is 11.2 Å². The second-order valence-electron chi connectivity index (χ2n) is 3.93. The van der Waals surface area contributed by atoms with Crippen LogP contribution in [0.15, 0.2) is 24.3 Å². The molecule has 0 radical (unpaired) electrons. The van der Waals surface area contributed by atoms with Gasteiger partial charge in [0.2, 0.25) is 0 Å². The topological polar surface area (TPSA) is 43.1 Å². The lowest BCUT2D eigenvalue weighted by Gasteiger charge is -2.25. The molecular formula is C11H11F4NO. The summed E-state index contributed by atoms with van der Waals surface area (Å²) in [5.41, 5.74) is 2.20. The van der Waals surface area contributed by atoms with Gasteiger partial charge in [0.05, 0.1) is 0 Å². The molecule has 0 bridgehead atoms. The fourth-order valence-electron chi connectivity index (χ4n) is 1.17. The largest absolute Gasteiger partial charge is 0.413 e. The monoisotopic (exact) mass is 249 g/mol. The number of rotatable bonds is 3. The van der Waals surface area contributed by atoms with E-state index < -0.39 is 29.7 Å². The normalized spacial score (nSPS) is 15.4. The molecule has 1 rings (SSSR count). The van der Waals surface area contributed by atoms with Gasteiger partial charge in [0, 0.05) is 6.42 Å². The second-order valence-corrected chi connectivity index (χ2v) is 3.93. The van der Waals surface area contributed by atoms with Crippen LogP contribution in [0.2, 0.25) is 0 Å². The Hall–Kier alpha value is -1.43. The average Bonchev–Trinajstić information content (AvgIpc) is 2.15. The Balaban J connectivity index is 2.87. The molecule has 1 aromatic rings. The zero-order valence-electron chi connectivity index (χ0n) is 9.01. The van der Waals surface area contributed by atoms with Crippen LogP contribution in [0.4, 0.5) is 17.6 Å². The van der Waals surface area contributed by atoms with Crippen LogP contribution < -0.4 is 5.73 Å². The third-order valence-corrected chi connectivity index (χ3v) is 2.42. The number of benzene rings is 1. The highest BCUT2D eigenvalue weighted by Gasteiger charge is 2.53. The minimum absolute atomic E-state index is 0.163. The highest BCUT2D eigenvalue weighted by atomic mass is 19.4. The van der Waals surface area contributed by atoms with Gasteiger partial charge in [0.1, 0.15) is 5.82 Å². The van der Waals surface area contributed by atoms with E-state index in [-0.39, 0.29) is 5.56 Å². The third kappa shape index (κ3) is 3.03. The van der Waals surface area contributed by atoms with E-state index in [9.17, 15) is 22.4 Å². The number of ketones is 1. The summed E-state index contributed by atoms with van der Waals surface area (Å²) in [6.45, 7) is 0.606. The van der Waals surface area contributed by atoms with Gasteiger partial charge in [0.25, 0.3) is 0 Å². The maximum absolute atomic E-state index is 12.8. The highest BCUT2D eigenvalue weighted by molar-refractivity contribution is 5.90. The lowest BCUT2D eigenvalue weighted by atomic mass is 9.92. The van der Waals surface area contributed by atoms with Crippen LogP contribution >= 0.6 is 0 Å². The van der Waals surface area contributed by atoms with Crippen molar-refractivity contribution in [1.82, 2.24) is 0 Å². The van der Waals surface area contributed by atoms with Crippen LogP contribution in [0.5, 0.6) is 0 Å². The molecule has 0 saturated carbocycles. The number of hydrogen-bond acceptors (Lipinski definition) is 2. The van der Waals surface area contributed by atoms with Gasteiger partial charge in [-0.15, -0.1) is 0 Å². The summed E-state index contributed by atoms with van der Waals surface area (Å²) in [5, 5.41) is 0. The Kier molecular flexibility index (Phi) is 3.56. The number of carbonyl (C=O) groups excluding carboxylic acids is 1. The van der Waals surface area contributed by atoms with E-state index in [4.69, 9.17) is 5.73 Å². The van der Waals surface area contributed by atoms with Crippen molar-refractivity contribution in [3.05, 3.63) is 35.6 Å². The molecule has 6 heteroatoms. The Labute approximate surface area is 95.4 Å². The van der Waals surface area contributed by atoms with Crippen molar-refractivity contribution in [1.29, 1.82) is 0 Å². The molecule has 0 aliphatic carbocycles. The Morgan fingerprint density at radius 2 is 1.94 bits per heavy atom. The summed E-state index contributed by atoms with van der Waals surface area (Å²) in [6, 6.07) is 4.83. The van der Waals surface area contributed by atoms with Gasteiger partial charge in [0.15, 0.2) is 11.3 Å². The van der Waals surface area contributed by atoms with Gasteiger partial charge >= 0.3 is 6.18 Å². The summed E-state index contributed by atoms with van der Waals surface area (Å²) in [6.07, 6.45) is -5.37. The Morgan fingerprint density at radius 1 is 1.35 bits per heavy atom. The van der Waals surface area contributed by atoms with E-state index in [0.29, 0.717) is 6.92 Å². The Bertz CT molecular complexity index is 426. The molecule has 0 fully saturated rings. The number of hydrogen-bond donors (Lipinski definition) is 1. The lowest BCUT2D eigenvalue weighted by Crippen LogP contribution is -2.57. The summed E-state index contributed by atoms with van der Waals surface area (Å²) < 4.78 is 50.1. The van der Waals surface area contributed by atoms with Crippen molar-refractivity contribution in [3.8, 4) is 0 Å². The van der Waals surface area contributed by atoms with Crippen molar-refractivity contribution in [2.24, 2.45) is 5.73 Å². The number of carbonyl (C=O) groups is 1. The van der Waals surface area contributed by atoms with Crippen LogP contribution in [0, 0.1) is 5.82 Å². The molecule has 0 aliphatic heterocycles. The van der Waals surface area contributed by atoms with Gasteiger partial charge in [-0.25, -0.2) is 4.39 Å². The van der Waals surface area contributed by atoms with Gasteiger partial charge in [-0.3, -0.25) is 4.79 Å². The fourth-order valence-corrected chi connectivity index (χ4v) is 1.17. The summed E-state index contributed by atoms with van der Waals surface area (Å²) in [7, 11) is 0. The number of alkyl halides is 3. The van der Waals surface area contributed by atoms with Crippen molar-refractivity contribution in [2.75, 3.05) is 0 Å². The van der Waals surface area contributed by atoms with E-state index in [1.807, 2.05) is 0 Å². The summed E-state index contributed by atoms with van der Waals surface area (Å²) in [5.74, 6) is -1.81. The van der Waals surface area contributed by atoms with E-state index >= 15 is 0 Å². The van der Waals surface area contributed by atoms with Crippen molar-refractivity contribution < 1.29 is 22.4 Å². The first-order valence-electron chi connectivity index (χ1n) is 4.78. The highest BCUT2D eigenvalue weighted by Crippen LogP contribution is 2.29. The molecule has 94 valence electrons. The first-order valence-corrected chi connectivity index (χ1v) is 4.78. The fraction of sp³-hybridized carbons (Fsp3) is 0.364. The quantitative estimate of drug-likeness (QED) is 0.834. The molecule has 0 aromatic heterocycles. The molecular weight excluding hydrogens is 238 g/mol. The second kappa shape index (κ2) is 4.44. The molecule has 2 nitrogen and oxygen atoms in total. The Morgan fingerprint density at radius 3 is 2.41 bits per heavy atom. The molecule has 0 aliphatic rings.